The molecule has 2 nitrogen and oxygen atoms in total. The van der Waals surface area contributed by atoms with E-state index < -0.39 is 0 Å². The van der Waals surface area contributed by atoms with Gasteiger partial charge >= 0.3 is 0 Å². The van der Waals surface area contributed by atoms with E-state index in [1.807, 2.05) is 0 Å². The summed E-state index contributed by atoms with van der Waals surface area (Å²) >= 11 is 0. The van der Waals surface area contributed by atoms with Crippen LogP contribution < -0.4 is 5.32 Å². The van der Waals surface area contributed by atoms with Crippen LogP contribution in [0.5, 0.6) is 0 Å². The first-order valence-electron chi connectivity index (χ1n) is 6.48. The Balaban J connectivity index is 2.14. The number of hydrogen-bond donors (Lipinski definition) is 2. The first-order chi connectivity index (χ1) is 7.14. The van der Waals surface area contributed by atoms with E-state index in [-0.39, 0.29) is 0 Å². The van der Waals surface area contributed by atoms with Crippen LogP contribution in [0.2, 0.25) is 0 Å². The summed E-state index contributed by atoms with van der Waals surface area (Å²) in [6.45, 7) is 6.19. The van der Waals surface area contributed by atoms with E-state index in [2.05, 4.69) is 19.2 Å². The predicted octanol–water partition coefficient (Wildman–Crippen LogP) is 2.71. The Bertz CT molecular complexity index is 168. The van der Waals surface area contributed by atoms with E-state index in [0.29, 0.717) is 12.0 Å². The van der Waals surface area contributed by atoms with Gasteiger partial charge in [-0.1, -0.05) is 20.3 Å². The van der Waals surface area contributed by atoms with Crippen LogP contribution in [0.3, 0.4) is 0 Å². The first-order valence-corrected chi connectivity index (χ1v) is 6.48. The van der Waals surface area contributed by atoms with Gasteiger partial charge in [0.25, 0.3) is 0 Å². The highest BCUT2D eigenvalue weighted by atomic mass is 16.2. The van der Waals surface area contributed by atoms with E-state index in [1.165, 1.54) is 32.1 Å². The van der Waals surface area contributed by atoms with Crippen molar-refractivity contribution in [3.8, 4) is 0 Å². The van der Waals surface area contributed by atoms with Gasteiger partial charge < -0.3 is 10.4 Å². The fraction of sp³-hybridized carbons (Fsp3) is 1.00. The van der Waals surface area contributed by atoms with Crippen LogP contribution in [-0.2, 0) is 0 Å². The van der Waals surface area contributed by atoms with Crippen molar-refractivity contribution in [1.29, 1.82) is 0 Å². The quantitative estimate of drug-likeness (QED) is 0.543. The van der Waals surface area contributed by atoms with Gasteiger partial charge in [0.1, 0.15) is 0 Å². The number of hydrogen-bond acceptors (Lipinski definition) is 2. The fourth-order valence-corrected chi connectivity index (χ4v) is 2.41. The minimum absolute atomic E-state index is 0.333. The molecule has 0 aromatic rings. The summed E-state index contributed by atoms with van der Waals surface area (Å²) in [5.74, 6) is 0. The summed E-state index contributed by atoms with van der Waals surface area (Å²) in [6.07, 6.45) is 8.80. The molecule has 90 valence electrons. The van der Waals surface area contributed by atoms with Crippen molar-refractivity contribution in [2.24, 2.45) is 5.41 Å². The summed E-state index contributed by atoms with van der Waals surface area (Å²) in [5, 5.41) is 12.3. The Morgan fingerprint density at radius 3 is 2.73 bits per heavy atom. The molecule has 0 radical (unpaired) electrons. The highest BCUT2D eigenvalue weighted by molar-refractivity contribution is 4.79. The van der Waals surface area contributed by atoms with Gasteiger partial charge in [0.15, 0.2) is 0 Å². The summed E-state index contributed by atoms with van der Waals surface area (Å²) in [4.78, 5) is 0. The van der Waals surface area contributed by atoms with Crippen LogP contribution in [0.1, 0.15) is 58.8 Å². The standard InChI is InChI=1S/C13H27NO/c1-13(2)8-5-6-12(7-9-13)14-10-3-4-11-15/h12,14-15H,3-11H2,1-2H3. The molecule has 0 heterocycles. The number of aliphatic hydroxyl groups is 1. The zero-order chi connectivity index (χ0) is 11.1. The maximum absolute atomic E-state index is 8.69. The van der Waals surface area contributed by atoms with Gasteiger partial charge in [0.05, 0.1) is 0 Å². The molecular weight excluding hydrogens is 186 g/mol. The molecule has 1 aliphatic carbocycles. The third kappa shape index (κ3) is 5.53. The summed E-state index contributed by atoms with van der Waals surface area (Å²) in [7, 11) is 0. The Morgan fingerprint density at radius 2 is 2.00 bits per heavy atom. The Labute approximate surface area is 94.5 Å². The molecule has 1 aliphatic rings. The molecule has 0 aliphatic heterocycles. The third-order valence-electron chi connectivity index (χ3n) is 3.59. The predicted molar refractivity (Wildman–Crippen MR) is 65.0 cm³/mol. The SMILES string of the molecule is CC1(C)CCCC(NCCCCO)CC1. The zero-order valence-corrected chi connectivity index (χ0v) is 10.4. The maximum Gasteiger partial charge on any atom is 0.0431 e. The van der Waals surface area contributed by atoms with E-state index in [0.717, 1.165) is 25.4 Å². The topological polar surface area (TPSA) is 32.3 Å². The number of aliphatic hydroxyl groups excluding tert-OH is 1. The highest BCUT2D eigenvalue weighted by Gasteiger charge is 2.23. The van der Waals surface area contributed by atoms with E-state index in [9.17, 15) is 0 Å². The lowest BCUT2D eigenvalue weighted by molar-refractivity contribution is 0.281. The van der Waals surface area contributed by atoms with Crippen molar-refractivity contribution < 1.29 is 5.11 Å². The molecular formula is C13H27NO. The molecule has 0 aromatic carbocycles. The normalized spacial score (nSPS) is 26.2. The monoisotopic (exact) mass is 213 g/mol. The Kier molecular flexibility index (Phi) is 5.62. The molecule has 0 spiro atoms. The second kappa shape index (κ2) is 6.49. The molecule has 0 bridgehead atoms. The van der Waals surface area contributed by atoms with Crippen LogP contribution in [0.4, 0.5) is 0 Å². The second-order valence-corrected chi connectivity index (χ2v) is 5.68. The smallest absolute Gasteiger partial charge is 0.0431 e. The van der Waals surface area contributed by atoms with Gasteiger partial charge in [-0.15, -0.1) is 0 Å². The van der Waals surface area contributed by atoms with Gasteiger partial charge in [-0.05, 0) is 50.5 Å². The van der Waals surface area contributed by atoms with E-state index >= 15 is 0 Å². The molecule has 15 heavy (non-hydrogen) atoms. The van der Waals surface area contributed by atoms with E-state index in [4.69, 9.17) is 5.11 Å². The lowest BCUT2D eigenvalue weighted by Crippen LogP contribution is -2.29. The minimum Gasteiger partial charge on any atom is -0.396 e. The maximum atomic E-state index is 8.69. The van der Waals surface area contributed by atoms with Gasteiger partial charge in [-0.3, -0.25) is 0 Å². The Morgan fingerprint density at radius 1 is 1.20 bits per heavy atom. The van der Waals surface area contributed by atoms with Gasteiger partial charge in [-0.2, -0.15) is 0 Å². The average molecular weight is 213 g/mol. The highest BCUT2D eigenvalue weighted by Crippen LogP contribution is 2.33. The average Bonchev–Trinajstić information content (AvgIpc) is 2.35. The molecule has 0 aromatic heterocycles. The molecule has 1 rings (SSSR count). The van der Waals surface area contributed by atoms with E-state index in [1.54, 1.807) is 0 Å². The Hall–Kier alpha value is -0.0800. The van der Waals surface area contributed by atoms with Gasteiger partial charge in [0.2, 0.25) is 0 Å². The van der Waals surface area contributed by atoms with Crippen molar-refractivity contribution in [2.45, 2.75) is 64.8 Å². The molecule has 0 amide bonds. The zero-order valence-electron chi connectivity index (χ0n) is 10.4. The van der Waals surface area contributed by atoms with Crippen molar-refractivity contribution in [3.63, 3.8) is 0 Å². The van der Waals surface area contributed by atoms with Crippen molar-refractivity contribution >= 4 is 0 Å². The molecule has 2 heteroatoms. The number of nitrogens with one attached hydrogen (secondary N) is 1. The van der Waals surface area contributed by atoms with Crippen LogP contribution in [0.15, 0.2) is 0 Å². The number of unbranched alkanes of at least 4 members (excludes halogenated alkanes) is 1. The van der Waals surface area contributed by atoms with Crippen molar-refractivity contribution in [3.05, 3.63) is 0 Å². The third-order valence-corrected chi connectivity index (χ3v) is 3.59. The molecule has 0 saturated heterocycles. The van der Waals surface area contributed by atoms with Gasteiger partial charge in [-0.25, -0.2) is 0 Å². The van der Waals surface area contributed by atoms with Gasteiger partial charge in [0, 0.05) is 12.6 Å². The molecule has 1 saturated carbocycles. The molecule has 2 N–H and O–H groups in total. The lowest BCUT2D eigenvalue weighted by Gasteiger charge is -2.22. The summed E-state index contributed by atoms with van der Waals surface area (Å²) in [5.41, 5.74) is 0.557. The van der Waals surface area contributed by atoms with Crippen molar-refractivity contribution in [2.75, 3.05) is 13.2 Å². The first kappa shape index (κ1) is 13.0. The second-order valence-electron chi connectivity index (χ2n) is 5.68. The van der Waals surface area contributed by atoms with Crippen LogP contribution >= 0.6 is 0 Å². The van der Waals surface area contributed by atoms with Crippen LogP contribution in [0, 0.1) is 5.41 Å². The van der Waals surface area contributed by atoms with Crippen LogP contribution in [-0.4, -0.2) is 24.3 Å². The molecule has 1 fully saturated rings. The van der Waals surface area contributed by atoms with Crippen LogP contribution in [0.25, 0.3) is 0 Å². The summed E-state index contributed by atoms with van der Waals surface area (Å²) in [6, 6.07) is 0.727. The lowest BCUT2D eigenvalue weighted by atomic mass is 9.85. The molecule has 1 atom stereocenters. The summed E-state index contributed by atoms with van der Waals surface area (Å²) < 4.78 is 0. The fourth-order valence-electron chi connectivity index (χ4n) is 2.41. The number of rotatable bonds is 5. The van der Waals surface area contributed by atoms with Crippen molar-refractivity contribution in [1.82, 2.24) is 5.32 Å². The largest absolute Gasteiger partial charge is 0.396 e. The minimum atomic E-state index is 0.333. The molecule has 1 unspecified atom stereocenters.